The van der Waals surface area contributed by atoms with E-state index in [4.69, 9.17) is 4.74 Å². The van der Waals surface area contributed by atoms with Gasteiger partial charge in [-0.1, -0.05) is 32.0 Å². The van der Waals surface area contributed by atoms with Crippen molar-refractivity contribution in [3.8, 4) is 0 Å². The molecule has 0 saturated carbocycles. The van der Waals surface area contributed by atoms with E-state index in [0.717, 1.165) is 11.5 Å². The quantitative estimate of drug-likeness (QED) is 0.385. The molecule has 0 fully saturated rings. The second-order valence-corrected chi connectivity index (χ2v) is 8.66. The average molecular weight is 402 g/mol. The number of carbonyl (C=O) groups is 2. The van der Waals surface area contributed by atoms with Gasteiger partial charge in [0.25, 0.3) is 0 Å². The molecule has 26 heavy (non-hydrogen) atoms. The number of hydrogen-bond donors (Lipinski definition) is 3. The molecule has 1 rings (SSSR count). The fourth-order valence-electron chi connectivity index (χ4n) is 2.29. The lowest BCUT2D eigenvalue weighted by Crippen LogP contribution is -2.53. The van der Waals surface area contributed by atoms with Crippen LogP contribution in [0, 0.1) is 0 Å². The highest BCUT2D eigenvalue weighted by Crippen LogP contribution is 2.29. The van der Waals surface area contributed by atoms with E-state index < -0.39 is 24.2 Å². The van der Waals surface area contributed by atoms with Crippen molar-refractivity contribution in [3.05, 3.63) is 35.9 Å². The molecule has 0 aliphatic rings. The summed E-state index contributed by atoms with van der Waals surface area (Å²) in [5.74, 6) is 0.746. The maximum Gasteiger partial charge on any atom is 0.338 e. The minimum Gasteiger partial charge on any atom is -0.459 e. The lowest BCUT2D eigenvalue weighted by atomic mass is 10.1. The van der Waals surface area contributed by atoms with Crippen molar-refractivity contribution in [2.75, 3.05) is 18.1 Å². The molecule has 0 aliphatic heterocycles. The number of aliphatic hydroxyl groups excluding tert-OH is 2. The minimum atomic E-state index is -1.31. The van der Waals surface area contributed by atoms with Gasteiger partial charge in [-0.05, 0) is 23.6 Å². The van der Waals surface area contributed by atoms with Gasteiger partial charge in [0.2, 0.25) is 5.91 Å². The van der Waals surface area contributed by atoms with Gasteiger partial charge in [-0.15, -0.1) is 23.5 Å². The zero-order valence-electron chi connectivity index (χ0n) is 15.3. The first kappa shape index (κ1) is 22.8. The predicted molar refractivity (Wildman–Crippen MR) is 106 cm³/mol. The summed E-state index contributed by atoms with van der Waals surface area (Å²) in [5.41, 5.74) is 0.369. The lowest BCUT2D eigenvalue weighted by Gasteiger charge is -2.32. The van der Waals surface area contributed by atoms with Crippen LogP contribution in [0.5, 0.6) is 0 Å². The third kappa shape index (κ3) is 7.57. The van der Waals surface area contributed by atoms with Crippen molar-refractivity contribution in [2.24, 2.45) is 0 Å². The number of nitrogens with one attached hydrogen (secondary N) is 1. The van der Waals surface area contributed by atoms with Gasteiger partial charge in [-0.3, -0.25) is 4.79 Å². The van der Waals surface area contributed by atoms with Gasteiger partial charge in [0.15, 0.2) is 0 Å². The molecule has 146 valence electrons. The highest BCUT2D eigenvalue weighted by molar-refractivity contribution is 8.17. The van der Waals surface area contributed by atoms with Crippen molar-refractivity contribution in [1.29, 1.82) is 0 Å². The summed E-state index contributed by atoms with van der Waals surface area (Å²) in [5, 5.41) is 23.6. The first-order valence-electron chi connectivity index (χ1n) is 8.49. The molecule has 1 aromatic carbocycles. The van der Waals surface area contributed by atoms with Crippen molar-refractivity contribution < 1.29 is 24.5 Å². The van der Waals surface area contributed by atoms with E-state index in [1.165, 1.54) is 6.92 Å². The Morgan fingerprint density at radius 1 is 1.12 bits per heavy atom. The molecule has 8 heteroatoms. The van der Waals surface area contributed by atoms with Crippen LogP contribution in [0.2, 0.25) is 0 Å². The number of carbonyl (C=O) groups excluding carboxylic acids is 2. The molecule has 3 N–H and O–H groups in total. The molecule has 0 spiro atoms. The standard InChI is InChI=1S/C18H27NO5S2/c1-4-25-18(26-5-2)15(19-12(3)20)16(22)14(21)11-24-17(23)13-9-7-6-8-10-13/h6-10,14-16,18,21-22H,4-5,11H2,1-3H3,(H,19,20)/t14-,15-,16+/m1/s1. The molecule has 1 amide bonds. The van der Waals surface area contributed by atoms with Gasteiger partial charge in [0.05, 0.1) is 16.2 Å². The maximum atomic E-state index is 12.0. The molecule has 6 nitrogen and oxygen atoms in total. The molecule has 0 radical (unpaired) electrons. The Balaban J connectivity index is 2.73. The molecule has 0 aliphatic carbocycles. The molecule has 0 aromatic heterocycles. The van der Waals surface area contributed by atoms with Crippen LogP contribution >= 0.6 is 23.5 Å². The fourth-order valence-corrected chi connectivity index (χ4v) is 5.02. The number of ether oxygens (including phenoxy) is 1. The second-order valence-electron chi connectivity index (χ2n) is 5.53. The molecule has 0 bridgehead atoms. The van der Waals surface area contributed by atoms with Crippen LogP contribution in [-0.2, 0) is 9.53 Å². The molecule has 3 atom stereocenters. The maximum absolute atomic E-state index is 12.0. The first-order valence-corrected chi connectivity index (χ1v) is 10.6. The van der Waals surface area contributed by atoms with Crippen LogP contribution < -0.4 is 5.32 Å². The van der Waals surface area contributed by atoms with Crippen LogP contribution in [0.1, 0.15) is 31.1 Å². The highest BCUT2D eigenvalue weighted by Gasteiger charge is 2.34. The highest BCUT2D eigenvalue weighted by atomic mass is 32.2. The zero-order chi connectivity index (χ0) is 19.5. The van der Waals surface area contributed by atoms with Crippen molar-refractivity contribution in [3.63, 3.8) is 0 Å². The predicted octanol–water partition coefficient (Wildman–Crippen LogP) is 1.90. The van der Waals surface area contributed by atoms with E-state index in [9.17, 15) is 19.8 Å². The van der Waals surface area contributed by atoms with Crippen molar-refractivity contribution in [1.82, 2.24) is 5.32 Å². The number of hydrogen-bond acceptors (Lipinski definition) is 7. The van der Waals surface area contributed by atoms with Gasteiger partial charge in [-0.2, -0.15) is 0 Å². The third-order valence-corrected chi connectivity index (χ3v) is 6.21. The normalized spacial score (nSPS) is 14.5. The molecule has 0 unspecified atom stereocenters. The Bertz CT molecular complexity index is 552. The molecule has 0 saturated heterocycles. The summed E-state index contributed by atoms with van der Waals surface area (Å²) in [7, 11) is 0. The summed E-state index contributed by atoms with van der Waals surface area (Å²) in [4.78, 5) is 23.5. The van der Waals surface area contributed by atoms with E-state index >= 15 is 0 Å². The van der Waals surface area contributed by atoms with E-state index in [-0.39, 0.29) is 17.1 Å². The Morgan fingerprint density at radius 3 is 2.19 bits per heavy atom. The first-order chi connectivity index (χ1) is 12.4. The number of aliphatic hydroxyl groups is 2. The van der Waals surface area contributed by atoms with Crippen LogP contribution in [0.4, 0.5) is 0 Å². The smallest absolute Gasteiger partial charge is 0.338 e. The SMILES string of the molecule is CCSC(SCC)[C@H](NC(C)=O)[C@@H](O)[C@H](O)COC(=O)c1ccccc1. The number of thioether (sulfide) groups is 2. The van der Waals surface area contributed by atoms with E-state index in [1.54, 1.807) is 53.9 Å². The van der Waals surface area contributed by atoms with Crippen LogP contribution in [0.25, 0.3) is 0 Å². The summed E-state index contributed by atoms with van der Waals surface area (Å²) in [6, 6.07) is 7.76. The van der Waals surface area contributed by atoms with E-state index in [2.05, 4.69) is 5.32 Å². The Kier molecular flexibility index (Phi) is 10.7. The third-order valence-electron chi connectivity index (χ3n) is 3.48. The summed E-state index contributed by atoms with van der Waals surface area (Å²) in [6.07, 6.45) is -2.57. The zero-order valence-corrected chi connectivity index (χ0v) is 16.9. The van der Waals surface area contributed by atoms with Crippen LogP contribution in [0.3, 0.4) is 0 Å². The molecular formula is C18H27NO5S2. The van der Waals surface area contributed by atoms with E-state index in [1.807, 2.05) is 13.8 Å². The largest absolute Gasteiger partial charge is 0.459 e. The van der Waals surface area contributed by atoms with Gasteiger partial charge in [0.1, 0.15) is 18.8 Å². The van der Waals surface area contributed by atoms with Crippen LogP contribution in [0.15, 0.2) is 30.3 Å². The topological polar surface area (TPSA) is 95.9 Å². The fraction of sp³-hybridized carbons (Fsp3) is 0.556. The number of benzene rings is 1. The minimum absolute atomic E-state index is 0.122. The Morgan fingerprint density at radius 2 is 1.69 bits per heavy atom. The summed E-state index contributed by atoms with van der Waals surface area (Å²) >= 11 is 3.17. The number of rotatable bonds is 11. The Labute approximate surface area is 163 Å². The Hall–Kier alpha value is -1.22. The lowest BCUT2D eigenvalue weighted by molar-refractivity contribution is -0.121. The van der Waals surface area contributed by atoms with Gasteiger partial charge >= 0.3 is 5.97 Å². The monoisotopic (exact) mass is 401 g/mol. The molecular weight excluding hydrogens is 374 g/mol. The molecule has 1 aromatic rings. The van der Waals surface area contributed by atoms with E-state index in [0.29, 0.717) is 5.56 Å². The summed E-state index contributed by atoms with van der Waals surface area (Å²) < 4.78 is 4.97. The summed E-state index contributed by atoms with van der Waals surface area (Å²) in [6.45, 7) is 4.99. The second kappa shape index (κ2) is 12.2. The van der Waals surface area contributed by atoms with Gasteiger partial charge in [-0.25, -0.2) is 4.79 Å². The van der Waals surface area contributed by atoms with Crippen molar-refractivity contribution in [2.45, 2.75) is 43.6 Å². The molecule has 0 heterocycles. The number of esters is 1. The number of amides is 1. The van der Waals surface area contributed by atoms with Crippen molar-refractivity contribution >= 4 is 35.4 Å². The van der Waals surface area contributed by atoms with Gasteiger partial charge < -0.3 is 20.3 Å². The average Bonchev–Trinajstić information content (AvgIpc) is 2.63. The van der Waals surface area contributed by atoms with Gasteiger partial charge in [0, 0.05) is 6.92 Å². The van der Waals surface area contributed by atoms with Crippen LogP contribution in [-0.4, -0.2) is 63.0 Å².